The third kappa shape index (κ3) is 4.76. The minimum Gasteiger partial charge on any atom is -0.497 e. The van der Waals surface area contributed by atoms with Crippen molar-refractivity contribution in [3.8, 4) is 39.5 Å². The molecule has 29 heavy (non-hydrogen) atoms. The van der Waals surface area contributed by atoms with Crippen molar-refractivity contribution in [1.29, 1.82) is 0 Å². The minimum atomic E-state index is -0.338. The average molecular weight is 390 g/mol. The number of benzene rings is 3. The van der Waals surface area contributed by atoms with E-state index in [4.69, 9.17) is 18.9 Å². The Hall–Kier alpha value is -3.31. The van der Waals surface area contributed by atoms with Crippen molar-refractivity contribution >= 4 is 5.97 Å². The van der Waals surface area contributed by atoms with Crippen LogP contribution in [0.25, 0.3) is 22.3 Å². The molecular weight excluding hydrogens is 368 g/mol. The Bertz CT molecular complexity index is 989. The summed E-state index contributed by atoms with van der Waals surface area (Å²) in [7, 11) is 1.66. The van der Waals surface area contributed by atoms with Gasteiger partial charge in [-0.15, -0.1) is 0 Å². The second kappa shape index (κ2) is 8.37. The highest BCUT2D eigenvalue weighted by atomic mass is 16.6. The van der Waals surface area contributed by atoms with Gasteiger partial charge >= 0.3 is 5.97 Å². The van der Waals surface area contributed by atoms with E-state index < -0.39 is 0 Å². The van der Waals surface area contributed by atoms with Crippen molar-refractivity contribution < 1.29 is 23.7 Å². The molecule has 3 aromatic rings. The molecule has 0 radical (unpaired) electrons. The Morgan fingerprint density at radius 2 is 1.55 bits per heavy atom. The fourth-order valence-corrected chi connectivity index (χ4v) is 3.06. The lowest BCUT2D eigenvalue weighted by Gasteiger charge is -2.14. The van der Waals surface area contributed by atoms with Gasteiger partial charge in [-0.3, -0.25) is 4.79 Å². The number of rotatable bonds is 7. The van der Waals surface area contributed by atoms with Crippen LogP contribution in [-0.4, -0.2) is 32.4 Å². The fourth-order valence-electron chi connectivity index (χ4n) is 3.06. The topological polar surface area (TPSA) is 57.3 Å². The summed E-state index contributed by atoms with van der Waals surface area (Å²) in [5.74, 6) is 1.79. The molecule has 5 nitrogen and oxygen atoms in total. The summed E-state index contributed by atoms with van der Waals surface area (Å²) >= 11 is 0. The number of methoxy groups -OCH3 is 1. The van der Waals surface area contributed by atoms with Gasteiger partial charge in [-0.05, 0) is 47.0 Å². The zero-order chi connectivity index (χ0) is 20.2. The Morgan fingerprint density at radius 3 is 2.17 bits per heavy atom. The molecule has 1 heterocycles. The van der Waals surface area contributed by atoms with Gasteiger partial charge in [0.05, 0.1) is 13.7 Å². The highest BCUT2D eigenvalue weighted by molar-refractivity contribution is 5.77. The van der Waals surface area contributed by atoms with E-state index in [0.717, 1.165) is 40.4 Å². The summed E-state index contributed by atoms with van der Waals surface area (Å²) in [6.45, 7) is 2.65. The number of epoxide rings is 1. The first kappa shape index (κ1) is 19.0. The number of ether oxygens (including phenoxy) is 4. The van der Waals surface area contributed by atoms with Gasteiger partial charge in [-0.25, -0.2) is 0 Å². The van der Waals surface area contributed by atoms with Gasteiger partial charge in [0.25, 0.3) is 0 Å². The molecule has 0 aromatic heterocycles. The van der Waals surface area contributed by atoms with Gasteiger partial charge in [-0.2, -0.15) is 0 Å². The van der Waals surface area contributed by atoms with E-state index >= 15 is 0 Å². The van der Waals surface area contributed by atoms with E-state index in [-0.39, 0.29) is 12.1 Å². The normalized spacial score (nSPS) is 14.9. The zero-order valence-electron chi connectivity index (χ0n) is 16.4. The van der Waals surface area contributed by atoms with Crippen LogP contribution in [0.1, 0.15) is 6.92 Å². The molecule has 4 rings (SSSR count). The molecule has 3 aromatic carbocycles. The largest absolute Gasteiger partial charge is 0.497 e. The van der Waals surface area contributed by atoms with Crippen LogP contribution >= 0.6 is 0 Å². The lowest BCUT2D eigenvalue weighted by Crippen LogP contribution is -2.05. The SMILES string of the molecule is COc1ccc(-c2ccc(-c3ccc(OC(C)=O)cc3)c(OCC3CO3)c2)cc1. The van der Waals surface area contributed by atoms with Gasteiger partial charge in [0.2, 0.25) is 0 Å². The van der Waals surface area contributed by atoms with Gasteiger partial charge in [0.1, 0.15) is 30.0 Å². The predicted octanol–water partition coefficient (Wildman–Crippen LogP) is 4.73. The van der Waals surface area contributed by atoms with Crippen LogP contribution in [0.5, 0.6) is 17.2 Å². The van der Waals surface area contributed by atoms with E-state index in [0.29, 0.717) is 12.4 Å². The molecular formula is C24H22O5. The van der Waals surface area contributed by atoms with E-state index in [1.54, 1.807) is 19.2 Å². The minimum absolute atomic E-state index is 0.166. The molecule has 0 saturated carbocycles. The molecule has 1 saturated heterocycles. The van der Waals surface area contributed by atoms with E-state index in [2.05, 4.69) is 6.07 Å². The second-order valence-corrected chi connectivity index (χ2v) is 6.82. The Labute approximate surface area is 169 Å². The third-order valence-electron chi connectivity index (χ3n) is 4.66. The van der Waals surface area contributed by atoms with Crippen molar-refractivity contribution in [2.45, 2.75) is 13.0 Å². The van der Waals surface area contributed by atoms with Crippen molar-refractivity contribution in [2.24, 2.45) is 0 Å². The predicted molar refractivity (Wildman–Crippen MR) is 110 cm³/mol. The Balaban J connectivity index is 1.65. The molecule has 1 aliphatic heterocycles. The monoisotopic (exact) mass is 390 g/mol. The van der Waals surface area contributed by atoms with Gasteiger partial charge in [-0.1, -0.05) is 36.4 Å². The number of carbonyl (C=O) groups excluding carboxylic acids is 1. The summed E-state index contributed by atoms with van der Waals surface area (Å²) in [4.78, 5) is 11.1. The van der Waals surface area contributed by atoms with Crippen LogP contribution in [0.4, 0.5) is 0 Å². The van der Waals surface area contributed by atoms with Gasteiger partial charge in [0.15, 0.2) is 0 Å². The van der Waals surface area contributed by atoms with E-state index in [1.165, 1.54) is 6.92 Å². The molecule has 1 fully saturated rings. The molecule has 1 unspecified atom stereocenters. The van der Waals surface area contributed by atoms with Gasteiger partial charge < -0.3 is 18.9 Å². The number of carbonyl (C=O) groups is 1. The van der Waals surface area contributed by atoms with E-state index in [9.17, 15) is 4.79 Å². The Kier molecular flexibility index (Phi) is 5.49. The van der Waals surface area contributed by atoms with E-state index in [1.807, 2.05) is 48.5 Å². The summed E-state index contributed by atoms with van der Waals surface area (Å²) in [5.41, 5.74) is 4.08. The van der Waals surface area contributed by atoms with Crippen LogP contribution in [0.3, 0.4) is 0 Å². The molecule has 0 aliphatic carbocycles. The first-order valence-corrected chi connectivity index (χ1v) is 9.44. The molecule has 0 spiro atoms. The van der Waals surface area contributed by atoms with Crippen molar-refractivity contribution in [3.63, 3.8) is 0 Å². The van der Waals surface area contributed by atoms with Gasteiger partial charge in [0, 0.05) is 12.5 Å². The maximum atomic E-state index is 11.1. The molecule has 5 heteroatoms. The summed E-state index contributed by atoms with van der Waals surface area (Å²) in [6, 6.07) is 21.5. The lowest BCUT2D eigenvalue weighted by molar-refractivity contribution is -0.131. The number of hydrogen-bond donors (Lipinski definition) is 0. The highest BCUT2D eigenvalue weighted by Crippen LogP contribution is 2.36. The summed E-state index contributed by atoms with van der Waals surface area (Å²) in [6.07, 6.45) is 0.166. The number of hydrogen-bond acceptors (Lipinski definition) is 5. The quantitative estimate of drug-likeness (QED) is 0.332. The van der Waals surface area contributed by atoms with Crippen LogP contribution < -0.4 is 14.2 Å². The molecule has 1 aliphatic rings. The smallest absolute Gasteiger partial charge is 0.308 e. The van der Waals surface area contributed by atoms with Crippen LogP contribution in [0.2, 0.25) is 0 Å². The average Bonchev–Trinajstić information content (AvgIpc) is 3.57. The zero-order valence-corrected chi connectivity index (χ0v) is 16.4. The van der Waals surface area contributed by atoms with Crippen molar-refractivity contribution in [1.82, 2.24) is 0 Å². The molecule has 1 atom stereocenters. The fraction of sp³-hybridized carbons (Fsp3) is 0.208. The first-order chi connectivity index (χ1) is 14.1. The lowest BCUT2D eigenvalue weighted by atomic mass is 9.99. The molecule has 0 amide bonds. The summed E-state index contributed by atoms with van der Waals surface area (Å²) in [5, 5.41) is 0. The Morgan fingerprint density at radius 1 is 0.931 bits per heavy atom. The molecule has 0 bridgehead atoms. The second-order valence-electron chi connectivity index (χ2n) is 6.82. The molecule has 148 valence electrons. The van der Waals surface area contributed by atoms with Crippen molar-refractivity contribution in [3.05, 3.63) is 66.7 Å². The van der Waals surface area contributed by atoms with Crippen LogP contribution in [0.15, 0.2) is 66.7 Å². The molecule has 0 N–H and O–H groups in total. The standard InChI is InChI=1S/C24H22O5/c1-16(25)29-21-10-5-18(6-11-21)23-12-7-19(13-24(23)28-15-22-14-27-22)17-3-8-20(26-2)9-4-17/h3-13,22H,14-15H2,1-2H3. The van der Waals surface area contributed by atoms with Crippen LogP contribution in [0, 0.1) is 0 Å². The highest BCUT2D eigenvalue weighted by Gasteiger charge is 2.24. The summed E-state index contributed by atoms with van der Waals surface area (Å²) < 4.78 is 21.7. The maximum absolute atomic E-state index is 11.1. The maximum Gasteiger partial charge on any atom is 0.308 e. The first-order valence-electron chi connectivity index (χ1n) is 9.44. The number of esters is 1. The third-order valence-corrected chi connectivity index (χ3v) is 4.66. The van der Waals surface area contributed by atoms with Crippen LogP contribution in [-0.2, 0) is 9.53 Å². The van der Waals surface area contributed by atoms with Crippen molar-refractivity contribution in [2.75, 3.05) is 20.3 Å².